The molecule has 3 rings (SSSR count). The molecule has 1 aromatic heterocycles. The monoisotopic (exact) mass is 445 g/mol. The van der Waals surface area contributed by atoms with Crippen molar-refractivity contribution in [2.45, 2.75) is 24.8 Å². The third kappa shape index (κ3) is 6.19. The molecule has 0 atom stereocenters. The van der Waals surface area contributed by atoms with Gasteiger partial charge in [0.2, 0.25) is 11.9 Å². The summed E-state index contributed by atoms with van der Waals surface area (Å²) in [5.41, 5.74) is 7.45. The number of halogens is 1. The Hall–Kier alpha value is -3.60. The zero-order valence-corrected chi connectivity index (χ0v) is 17.4. The fraction of sp³-hybridized carbons (Fsp3) is 0.200. The summed E-state index contributed by atoms with van der Waals surface area (Å²) >= 11 is 0. The number of nitrogens with one attached hydrogen (secondary N) is 1. The Morgan fingerprint density at radius 3 is 2.52 bits per heavy atom. The van der Waals surface area contributed by atoms with Crippen LogP contribution in [0.2, 0.25) is 0 Å². The van der Waals surface area contributed by atoms with Crippen molar-refractivity contribution in [3.8, 4) is 0 Å². The van der Waals surface area contributed by atoms with Crippen LogP contribution in [0.5, 0.6) is 0 Å². The van der Waals surface area contributed by atoms with E-state index in [0.717, 1.165) is 35.5 Å². The quantitative estimate of drug-likeness (QED) is 0.396. The fourth-order valence-corrected chi connectivity index (χ4v) is 3.81. The average Bonchev–Trinajstić information content (AvgIpc) is 2.72. The highest BCUT2D eigenvalue weighted by Crippen LogP contribution is 2.18. The molecule has 31 heavy (non-hydrogen) atoms. The van der Waals surface area contributed by atoms with Crippen LogP contribution in [0.15, 0.2) is 53.4 Å². The number of nitrogen functional groups attached to an aromatic ring is 1. The molecule has 2 aromatic carbocycles. The van der Waals surface area contributed by atoms with Crippen LogP contribution >= 0.6 is 0 Å². The van der Waals surface area contributed by atoms with Crippen molar-refractivity contribution in [2.75, 3.05) is 16.8 Å². The molecule has 9 nitrogen and oxygen atoms in total. The minimum absolute atomic E-state index is 0.0592. The Bertz CT molecular complexity index is 1190. The maximum absolute atomic E-state index is 13.0. The molecule has 3 N–H and O–H groups in total. The van der Waals surface area contributed by atoms with Crippen molar-refractivity contribution in [2.24, 2.45) is 0 Å². The van der Waals surface area contributed by atoms with Crippen LogP contribution in [0.1, 0.15) is 17.8 Å². The van der Waals surface area contributed by atoms with E-state index in [2.05, 4.69) is 20.3 Å². The maximum atomic E-state index is 13.0. The molecular formula is C20H20FN5O4S. The van der Waals surface area contributed by atoms with Crippen LogP contribution in [-0.2, 0) is 26.0 Å². The van der Waals surface area contributed by atoms with Gasteiger partial charge in [-0.3, -0.25) is 4.79 Å². The molecule has 0 saturated heterocycles. The van der Waals surface area contributed by atoms with E-state index in [-0.39, 0.29) is 35.6 Å². The number of para-hydroxylation sites is 1. The number of esters is 1. The molecule has 0 fully saturated rings. The van der Waals surface area contributed by atoms with Crippen molar-refractivity contribution < 1.29 is 22.3 Å². The van der Waals surface area contributed by atoms with Crippen LogP contribution in [0, 0.1) is 12.7 Å². The molecule has 0 saturated carbocycles. The van der Waals surface area contributed by atoms with Crippen molar-refractivity contribution in [1.82, 2.24) is 15.0 Å². The first-order valence-corrected chi connectivity index (χ1v) is 10.9. The number of sulfone groups is 1. The smallest absolute Gasteiger partial charge is 0.307 e. The van der Waals surface area contributed by atoms with Gasteiger partial charge in [0.05, 0.1) is 17.1 Å². The molecule has 0 unspecified atom stereocenters. The molecule has 0 amide bonds. The highest BCUT2D eigenvalue weighted by molar-refractivity contribution is 7.91. The number of aromatic nitrogens is 3. The third-order valence-electron chi connectivity index (χ3n) is 4.20. The highest BCUT2D eigenvalue weighted by atomic mass is 32.2. The second-order valence-corrected chi connectivity index (χ2v) is 8.67. The summed E-state index contributed by atoms with van der Waals surface area (Å²) in [7, 11) is -3.75. The van der Waals surface area contributed by atoms with Crippen LogP contribution in [0.4, 0.5) is 22.0 Å². The molecule has 0 bridgehead atoms. The Morgan fingerprint density at radius 2 is 1.81 bits per heavy atom. The van der Waals surface area contributed by atoms with Gasteiger partial charge in [0.1, 0.15) is 5.82 Å². The van der Waals surface area contributed by atoms with Gasteiger partial charge in [0.25, 0.3) is 0 Å². The van der Waals surface area contributed by atoms with Gasteiger partial charge < -0.3 is 15.8 Å². The van der Waals surface area contributed by atoms with E-state index < -0.39 is 27.4 Å². The molecule has 11 heteroatoms. The van der Waals surface area contributed by atoms with Crippen molar-refractivity contribution in [3.05, 3.63) is 65.7 Å². The molecule has 3 aromatic rings. The van der Waals surface area contributed by atoms with Gasteiger partial charge in [-0.2, -0.15) is 15.0 Å². The van der Waals surface area contributed by atoms with E-state index in [9.17, 15) is 17.6 Å². The predicted molar refractivity (Wildman–Crippen MR) is 112 cm³/mol. The second-order valence-electron chi connectivity index (χ2n) is 6.56. The summed E-state index contributed by atoms with van der Waals surface area (Å²) in [6, 6.07) is 11.9. The van der Waals surface area contributed by atoms with Gasteiger partial charge in [0, 0.05) is 5.69 Å². The lowest BCUT2D eigenvalue weighted by Crippen LogP contribution is -2.15. The zero-order valence-electron chi connectivity index (χ0n) is 16.6. The molecule has 0 radical (unpaired) electrons. The number of hydrogen-bond donors (Lipinski definition) is 2. The molecule has 0 aliphatic heterocycles. The van der Waals surface area contributed by atoms with E-state index in [1.165, 1.54) is 0 Å². The number of benzene rings is 2. The van der Waals surface area contributed by atoms with Gasteiger partial charge >= 0.3 is 5.97 Å². The largest absolute Gasteiger partial charge is 0.457 e. The number of nitrogens with zero attached hydrogens (tertiary/aromatic N) is 3. The third-order valence-corrected chi connectivity index (χ3v) is 5.93. The maximum Gasteiger partial charge on any atom is 0.307 e. The van der Waals surface area contributed by atoms with Gasteiger partial charge in [-0.1, -0.05) is 18.2 Å². The van der Waals surface area contributed by atoms with Crippen LogP contribution in [0.3, 0.4) is 0 Å². The van der Waals surface area contributed by atoms with Gasteiger partial charge in [-0.25, -0.2) is 12.8 Å². The summed E-state index contributed by atoms with van der Waals surface area (Å²) in [4.78, 5) is 24.0. The Kier molecular flexibility index (Phi) is 6.75. The number of ether oxygens (including phenoxy) is 1. The van der Waals surface area contributed by atoms with Gasteiger partial charge in [-0.05, 0) is 42.8 Å². The Balaban J connectivity index is 1.58. The number of carbonyl (C=O) groups is 1. The van der Waals surface area contributed by atoms with Crippen LogP contribution in [0.25, 0.3) is 0 Å². The predicted octanol–water partition coefficient (Wildman–Crippen LogP) is 2.55. The van der Waals surface area contributed by atoms with Gasteiger partial charge in [-0.15, -0.1) is 0 Å². The van der Waals surface area contributed by atoms with E-state index in [4.69, 9.17) is 10.5 Å². The Morgan fingerprint density at radius 1 is 1.10 bits per heavy atom. The normalized spacial score (nSPS) is 11.2. The minimum atomic E-state index is -3.75. The lowest BCUT2D eigenvalue weighted by molar-refractivity contribution is -0.144. The number of hydrogen-bond acceptors (Lipinski definition) is 9. The molecule has 162 valence electrons. The van der Waals surface area contributed by atoms with E-state index in [1.807, 2.05) is 31.2 Å². The molecule has 1 heterocycles. The van der Waals surface area contributed by atoms with Crippen molar-refractivity contribution >= 4 is 33.4 Å². The highest BCUT2D eigenvalue weighted by Gasteiger charge is 2.18. The van der Waals surface area contributed by atoms with E-state index in [0.29, 0.717) is 0 Å². The summed E-state index contributed by atoms with van der Waals surface area (Å²) in [5.74, 6) is -1.54. The zero-order chi connectivity index (χ0) is 22.4. The number of aryl methyl sites for hydroxylation is 1. The molecule has 0 spiro atoms. The molecule has 0 aliphatic carbocycles. The summed E-state index contributed by atoms with van der Waals surface area (Å²) in [6.07, 6.45) is -0.380. The first kappa shape index (κ1) is 22.1. The van der Waals surface area contributed by atoms with Crippen LogP contribution in [-0.4, -0.2) is 35.1 Å². The lowest BCUT2D eigenvalue weighted by Gasteiger charge is -2.10. The minimum Gasteiger partial charge on any atom is -0.457 e. The average molecular weight is 445 g/mol. The molecular weight excluding hydrogens is 425 g/mol. The standard InChI is InChI=1S/C20H20FN5O4S/c1-13-4-2-3-5-16(13)23-20-25-17(24-19(22)26-20)12-30-18(27)10-11-31(28,29)15-8-6-14(21)7-9-15/h2-9H,10-12H2,1H3,(H3,22,23,24,25,26). The first-order chi connectivity index (χ1) is 14.7. The topological polar surface area (TPSA) is 137 Å². The second kappa shape index (κ2) is 9.47. The van der Waals surface area contributed by atoms with E-state index in [1.54, 1.807) is 0 Å². The van der Waals surface area contributed by atoms with Crippen molar-refractivity contribution in [3.63, 3.8) is 0 Å². The summed E-state index contributed by atoms with van der Waals surface area (Å²) in [6.45, 7) is 1.61. The van der Waals surface area contributed by atoms with Gasteiger partial charge in [0.15, 0.2) is 22.3 Å². The fourth-order valence-electron chi connectivity index (χ4n) is 2.59. The van der Waals surface area contributed by atoms with E-state index >= 15 is 0 Å². The molecule has 0 aliphatic rings. The number of nitrogens with two attached hydrogens (primary N) is 1. The summed E-state index contributed by atoms with van der Waals surface area (Å²) < 4.78 is 42.5. The summed E-state index contributed by atoms with van der Waals surface area (Å²) in [5, 5.41) is 3.02. The number of carbonyl (C=O) groups excluding carboxylic acids is 1. The SMILES string of the molecule is Cc1ccccc1Nc1nc(N)nc(COC(=O)CCS(=O)(=O)c2ccc(F)cc2)n1. The number of rotatable bonds is 8. The first-order valence-electron chi connectivity index (χ1n) is 9.20. The number of anilines is 3. The van der Waals surface area contributed by atoms with Crippen molar-refractivity contribution in [1.29, 1.82) is 0 Å². The van der Waals surface area contributed by atoms with Crippen LogP contribution < -0.4 is 11.1 Å². The Labute approximate surface area is 178 Å². The lowest BCUT2D eigenvalue weighted by atomic mass is 10.2.